The van der Waals surface area contributed by atoms with Crippen molar-refractivity contribution in [1.29, 1.82) is 0 Å². The third-order valence-electron chi connectivity index (χ3n) is 3.53. The molecule has 0 aliphatic heterocycles. The zero-order valence-electron chi connectivity index (χ0n) is 14.7. The SMILES string of the molecule is C[C@@H](NC(=O)COc1ccccc1)C(=O)Nc1ccccc1N(C)C. The van der Waals surface area contributed by atoms with Crippen molar-refractivity contribution in [3.63, 3.8) is 0 Å². The fraction of sp³-hybridized carbons (Fsp3) is 0.263. The molecule has 6 heteroatoms. The van der Waals surface area contributed by atoms with Gasteiger partial charge in [0.25, 0.3) is 5.91 Å². The summed E-state index contributed by atoms with van der Waals surface area (Å²) in [5.74, 6) is -0.0376. The molecule has 2 rings (SSSR count). The van der Waals surface area contributed by atoms with Gasteiger partial charge in [0.05, 0.1) is 11.4 Å². The van der Waals surface area contributed by atoms with E-state index in [1.807, 2.05) is 61.5 Å². The van der Waals surface area contributed by atoms with Crippen LogP contribution in [0, 0.1) is 0 Å². The molecule has 1 atom stereocenters. The molecule has 0 saturated heterocycles. The number of carbonyl (C=O) groups excluding carboxylic acids is 2. The Morgan fingerprint density at radius 3 is 2.36 bits per heavy atom. The van der Waals surface area contributed by atoms with Crippen LogP contribution in [-0.2, 0) is 9.59 Å². The maximum absolute atomic E-state index is 12.3. The van der Waals surface area contributed by atoms with E-state index in [1.54, 1.807) is 19.1 Å². The monoisotopic (exact) mass is 341 g/mol. The van der Waals surface area contributed by atoms with E-state index in [9.17, 15) is 9.59 Å². The summed E-state index contributed by atoms with van der Waals surface area (Å²) in [5, 5.41) is 5.46. The highest BCUT2D eigenvalue weighted by molar-refractivity contribution is 5.99. The number of carbonyl (C=O) groups is 2. The maximum atomic E-state index is 12.3. The third kappa shape index (κ3) is 5.53. The van der Waals surface area contributed by atoms with E-state index < -0.39 is 6.04 Å². The molecule has 2 N–H and O–H groups in total. The molecule has 0 heterocycles. The number of ether oxygens (including phenoxy) is 1. The summed E-state index contributed by atoms with van der Waals surface area (Å²) in [4.78, 5) is 26.2. The van der Waals surface area contributed by atoms with Gasteiger partial charge in [-0.05, 0) is 31.2 Å². The van der Waals surface area contributed by atoms with Gasteiger partial charge in [0.2, 0.25) is 5.91 Å². The van der Waals surface area contributed by atoms with Crippen molar-refractivity contribution in [2.75, 3.05) is 30.9 Å². The van der Waals surface area contributed by atoms with Crippen molar-refractivity contribution in [3.05, 3.63) is 54.6 Å². The van der Waals surface area contributed by atoms with Crippen LogP contribution in [-0.4, -0.2) is 38.6 Å². The van der Waals surface area contributed by atoms with Crippen molar-refractivity contribution < 1.29 is 14.3 Å². The number of nitrogens with zero attached hydrogens (tertiary/aromatic N) is 1. The Morgan fingerprint density at radius 1 is 1.04 bits per heavy atom. The molecule has 0 aliphatic carbocycles. The van der Waals surface area contributed by atoms with Crippen LogP contribution < -0.4 is 20.3 Å². The summed E-state index contributed by atoms with van der Waals surface area (Å²) < 4.78 is 5.37. The second-order valence-electron chi connectivity index (χ2n) is 5.79. The van der Waals surface area contributed by atoms with E-state index in [0.717, 1.165) is 5.69 Å². The van der Waals surface area contributed by atoms with Crippen LogP contribution in [0.15, 0.2) is 54.6 Å². The van der Waals surface area contributed by atoms with Crippen LogP contribution in [0.2, 0.25) is 0 Å². The standard InChI is InChI=1S/C19H23N3O3/c1-14(20-18(23)13-25-15-9-5-4-6-10-15)19(24)21-16-11-7-8-12-17(16)22(2)3/h4-12,14H,13H2,1-3H3,(H,20,23)(H,21,24)/t14-/m1/s1. The van der Waals surface area contributed by atoms with Crippen molar-refractivity contribution in [2.24, 2.45) is 0 Å². The average molecular weight is 341 g/mol. The van der Waals surface area contributed by atoms with E-state index in [4.69, 9.17) is 4.74 Å². The molecule has 0 radical (unpaired) electrons. The summed E-state index contributed by atoms with van der Waals surface area (Å²) in [6, 6.07) is 15.8. The van der Waals surface area contributed by atoms with Crippen LogP contribution in [0.25, 0.3) is 0 Å². The zero-order valence-corrected chi connectivity index (χ0v) is 14.7. The highest BCUT2D eigenvalue weighted by Crippen LogP contribution is 2.23. The lowest BCUT2D eigenvalue weighted by molar-refractivity contribution is -0.127. The normalized spacial score (nSPS) is 11.3. The fourth-order valence-corrected chi connectivity index (χ4v) is 2.22. The van der Waals surface area contributed by atoms with E-state index in [2.05, 4.69) is 10.6 Å². The van der Waals surface area contributed by atoms with Gasteiger partial charge in [0.1, 0.15) is 11.8 Å². The molecule has 0 spiro atoms. The van der Waals surface area contributed by atoms with Crippen LogP contribution in [0.1, 0.15) is 6.92 Å². The second kappa shape index (κ2) is 8.73. The Balaban J connectivity index is 1.87. The summed E-state index contributed by atoms with van der Waals surface area (Å²) >= 11 is 0. The first-order valence-electron chi connectivity index (χ1n) is 8.02. The van der Waals surface area contributed by atoms with Crippen molar-refractivity contribution in [3.8, 4) is 5.75 Å². The Kier molecular flexibility index (Phi) is 6.39. The van der Waals surface area contributed by atoms with E-state index >= 15 is 0 Å². The number of nitrogens with one attached hydrogen (secondary N) is 2. The fourth-order valence-electron chi connectivity index (χ4n) is 2.22. The van der Waals surface area contributed by atoms with Gasteiger partial charge in [-0.15, -0.1) is 0 Å². The Labute approximate surface area is 147 Å². The predicted octanol–water partition coefficient (Wildman–Crippen LogP) is 2.27. The number of hydrogen-bond donors (Lipinski definition) is 2. The van der Waals surface area contributed by atoms with E-state index in [0.29, 0.717) is 11.4 Å². The molecule has 0 fully saturated rings. The Morgan fingerprint density at radius 2 is 1.68 bits per heavy atom. The minimum atomic E-state index is -0.679. The molecule has 2 amide bonds. The van der Waals surface area contributed by atoms with Crippen LogP contribution in [0.3, 0.4) is 0 Å². The molecule has 6 nitrogen and oxygen atoms in total. The van der Waals surface area contributed by atoms with Crippen molar-refractivity contribution in [1.82, 2.24) is 5.32 Å². The first kappa shape index (κ1) is 18.3. The Bertz CT molecular complexity index is 717. The summed E-state index contributed by atoms with van der Waals surface area (Å²) in [6.07, 6.45) is 0. The lowest BCUT2D eigenvalue weighted by atomic mass is 10.2. The number of rotatable bonds is 7. The number of benzene rings is 2. The molecule has 0 aliphatic rings. The van der Waals surface area contributed by atoms with Gasteiger partial charge in [0.15, 0.2) is 6.61 Å². The minimum absolute atomic E-state index is 0.143. The average Bonchev–Trinajstić information content (AvgIpc) is 2.61. The molecule has 0 bridgehead atoms. The van der Waals surface area contributed by atoms with Crippen LogP contribution in [0.4, 0.5) is 11.4 Å². The molecule has 0 aromatic heterocycles. The molecule has 132 valence electrons. The van der Waals surface area contributed by atoms with Crippen molar-refractivity contribution >= 4 is 23.2 Å². The molecule has 2 aromatic carbocycles. The smallest absolute Gasteiger partial charge is 0.258 e. The number of para-hydroxylation sites is 3. The number of anilines is 2. The lowest BCUT2D eigenvalue weighted by Crippen LogP contribution is -2.43. The van der Waals surface area contributed by atoms with Gasteiger partial charge in [-0.3, -0.25) is 9.59 Å². The molecule has 25 heavy (non-hydrogen) atoms. The molecular formula is C19H23N3O3. The third-order valence-corrected chi connectivity index (χ3v) is 3.53. The Hall–Kier alpha value is -3.02. The highest BCUT2D eigenvalue weighted by atomic mass is 16.5. The summed E-state index contributed by atoms with van der Waals surface area (Å²) in [6.45, 7) is 1.49. The topological polar surface area (TPSA) is 70.7 Å². The highest BCUT2D eigenvalue weighted by Gasteiger charge is 2.17. The van der Waals surface area contributed by atoms with Gasteiger partial charge in [0, 0.05) is 14.1 Å². The van der Waals surface area contributed by atoms with Gasteiger partial charge in [-0.1, -0.05) is 30.3 Å². The van der Waals surface area contributed by atoms with Gasteiger partial charge >= 0.3 is 0 Å². The summed E-state index contributed by atoms with van der Waals surface area (Å²) in [5.41, 5.74) is 1.58. The van der Waals surface area contributed by atoms with Gasteiger partial charge in [-0.2, -0.15) is 0 Å². The summed E-state index contributed by atoms with van der Waals surface area (Å²) in [7, 11) is 3.80. The maximum Gasteiger partial charge on any atom is 0.258 e. The van der Waals surface area contributed by atoms with E-state index in [-0.39, 0.29) is 18.4 Å². The van der Waals surface area contributed by atoms with Crippen LogP contribution >= 0.6 is 0 Å². The largest absolute Gasteiger partial charge is 0.484 e. The molecular weight excluding hydrogens is 318 g/mol. The van der Waals surface area contributed by atoms with Crippen LogP contribution in [0.5, 0.6) is 5.75 Å². The van der Waals surface area contributed by atoms with Gasteiger partial charge in [-0.25, -0.2) is 0 Å². The molecule has 0 saturated carbocycles. The molecule has 2 aromatic rings. The first-order chi connectivity index (χ1) is 12.0. The quantitative estimate of drug-likeness (QED) is 0.810. The zero-order chi connectivity index (χ0) is 18.2. The van der Waals surface area contributed by atoms with Gasteiger partial charge < -0.3 is 20.3 Å². The second-order valence-corrected chi connectivity index (χ2v) is 5.79. The first-order valence-corrected chi connectivity index (χ1v) is 8.02. The predicted molar refractivity (Wildman–Crippen MR) is 98.9 cm³/mol. The minimum Gasteiger partial charge on any atom is -0.484 e. The molecule has 0 unspecified atom stereocenters. The lowest BCUT2D eigenvalue weighted by Gasteiger charge is -2.19. The van der Waals surface area contributed by atoms with E-state index in [1.165, 1.54) is 0 Å². The number of hydrogen-bond acceptors (Lipinski definition) is 4. The van der Waals surface area contributed by atoms with Crippen molar-refractivity contribution in [2.45, 2.75) is 13.0 Å². The number of amides is 2.